The van der Waals surface area contributed by atoms with Crippen LogP contribution in [0.5, 0.6) is 0 Å². The van der Waals surface area contributed by atoms with Crippen LogP contribution in [0, 0.1) is 5.92 Å². The van der Waals surface area contributed by atoms with E-state index in [-0.39, 0.29) is 18.2 Å². The normalized spacial score (nSPS) is 37.6. The smallest absolute Gasteiger partial charge is 0.214 e. The van der Waals surface area contributed by atoms with E-state index in [2.05, 4.69) is 0 Å². The van der Waals surface area contributed by atoms with E-state index in [1.54, 1.807) is 4.31 Å². The zero-order valence-corrected chi connectivity index (χ0v) is 12.3. The van der Waals surface area contributed by atoms with Crippen LogP contribution < -0.4 is 0 Å². The predicted octanol–water partition coefficient (Wildman–Crippen LogP) is 1.88. The zero-order chi connectivity index (χ0) is 13.5. The first-order chi connectivity index (χ1) is 9.06. The molecule has 0 amide bonds. The Kier molecular flexibility index (Phi) is 3.89. The highest BCUT2D eigenvalue weighted by molar-refractivity contribution is 7.89. The molecule has 3 aliphatic rings. The van der Waals surface area contributed by atoms with Crippen LogP contribution in [0.1, 0.15) is 57.8 Å². The molecule has 0 aromatic heterocycles. The van der Waals surface area contributed by atoms with E-state index < -0.39 is 10.0 Å². The molecule has 2 aliphatic heterocycles. The van der Waals surface area contributed by atoms with Gasteiger partial charge in [0.05, 0.1) is 11.9 Å². The van der Waals surface area contributed by atoms with Crippen molar-refractivity contribution in [1.82, 2.24) is 4.31 Å². The minimum Gasteiger partial charge on any atom is -0.393 e. The second-order valence-electron chi connectivity index (χ2n) is 6.62. The molecule has 4 nitrogen and oxygen atoms in total. The van der Waals surface area contributed by atoms with Gasteiger partial charge in [-0.25, -0.2) is 8.42 Å². The Morgan fingerprint density at radius 2 is 1.53 bits per heavy atom. The fourth-order valence-electron chi connectivity index (χ4n) is 4.30. The van der Waals surface area contributed by atoms with E-state index in [1.165, 1.54) is 19.3 Å². The molecule has 2 saturated heterocycles. The molecule has 3 fully saturated rings. The summed E-state index contributed by atoms with van der Waals surface area (Å²) in [4.78, 5) is 0. The van der Waals surface area contributed by atoms with Crippen molar-refractivity contribution in [2.45, 2.75) is 76.0 Å². The van der Waals surface area contributed by atoms with Crippen LogP contribution in [0.2, 0.25) is 0 Å². The largest absolute Gasteiger partial charge is 0.393 e. The van der Waals surface area contributed by atoms with Crippen LogP contribution in [0.4, 0.5) is 0 Å². The number of aliphatic hydroxyl groups is 1. The summed E-state index contributed by atoms with van der Waals surface area (Å²) in [6.07, 6.45) is 8.64. The second-order valence-corrected chi connectivity index (χ2v) is 8.54. The standard InChI is InChI=1S/C14H25NO3S/c16-14-8-12-6-7-13(9-14)15(12)19(17,18)10-11-4-2-1-3-5-11/h11-14,16H,1-10H2. The van der Waals surface area contributed by atoms with Gasteiger partial charge in [-0.15, -0.1) is 0 Å². The van der Waals surface area contributed by atoms with Crippen molar-refractivity contribution in [1.29, 1.82) is 0 Å². The van der Waals surface area contributed by atoms with Crippen molar-refractivity contribution in [2.75, 3.05) is 5.75 Å². The highest BCUT2D eigenvalue weighted by Crippen LogP contribution is 2.39. The number of piperidine rings is 1. The summed E-state index contributed by atoms with van der Waals surface area (Å²) in [5.41, 5.74) is 0. The molecule has 2 bridgehead atoms. The molecule has 110 valence electrons. The Hall–Kier alpha value is -0.130. The molecule has 2 unspecified atom stereocenters. The maximum absolute atomic E-state index is 12.7. The molecular weight excluding hydrogens is 262 g/mol. The molecular formula is C14H25NO3S. The Labute approximate surface area is 116 Å². The summed E-state index contributed by atoms with van der Waals surface area (Å²) in [5, 5.41) is 9.77. The molecule has 3 rings (SSSR count). The molecule has 1 saturated carbocycles. The minimum atomic E-state index is -3.12. The molecule has 1 aliphatic carbocycles. The third-order valence-electron chi connectivity index (χ3n) is 5.13. The number of hydrogen-bond acceptors (Lipinski definition) is 3. The molecule has 2 atom stereocenters. The Morgan fingerprint density at radius 1 is 0.947 bits per heavy atom. The summed E-state index contributed by atoms with van der Waals surface area (Å²) in [5.74, 6) is 0.709. The molecule has 0 radical (unpaired) electrons. The van der Waals surface area contributed by atoms with Gasteiger partial charge in [0.1, 0.15) is 0 Å². The van der Waals surface area contributed by atoms with Gasteiger partial charge in [0, 0.05) is 12.1 Å². The molecule has 2 heterocycles. The first-order valence-corrected chi connectivity index (χ1v) is 9.36. The fraction of sp³-hybridized carbons (Fsp3) is 1.00. The Balaban J connectivity index is 1.70. The van der Waals surface area contributed by atoms with Gasteiger partial charge >= 0.3 is 0 Å². The van der Waals surface area contributed by atoms with Gasteiger partial charge in [0.25, 0.3) is 0 Å². The van der Waals surface area contributed by atoms with Gasteiger partial charge in [-0.2, -0.15) is 4.31 Å². The summed E-state index contributed by atoms with van der Waals surface area (Å²) in [6.45, 7) is 0. The van der Waals surface area contributed by atoms with E-state index >= 15 is 0 Å². The van der Waals surface area contributed by atoms with Gasteiger partial charge < -0.3 is 5.11 Å². The van der Waals surface area contributed by atoms with Gasteiger partial charge in [-0.3, -0.25) is 0 Å². The first-order valence-electron chi connectivity index (χ1n) is 7.75. The highest BCUT2D eigenvalue weighted by atomic mass is 32.2. The fourth-order valence-corrected chi connectivity index (χ4v) is 6.69. The van der Waals surface area contributed by atoms with Gasteiger partial charge in [0.2, 0.25) is 10.0 Å². The maximum Gasteiger partial charge on any atom is 0.214 e. The summed E-state index contributed by atoms with van der Waals surface area (Å²) in [7, 11) is -3.12. The van der Waals surface area contributed by atoms with Crippen LogP contribution in [-0.4, -0.2) is 41.8 Å². The van der Waals surface area contributed by atoms with E-state index in [4.69, 9.17) is 0 Å². The lowest BCUT2D eigenvalue weighted by atomic mass is 9.91. The second kappa shape index (κ2) is 5.34. The molecule has 5 heteroatoms. The van der Waals surface area contributed by atoms with Crippen LogP contribution in [0.25, 0.3) is 0 Å². The number of fused-ring (bicyclic) bond motifs is 2. The first kappa shape index (κ1) is 13.8. The number of sulfonamides is 1. The van der Waals surface area contributed by atoms with E-state index in [9.17, 15) is 13.5 Å². The monoisotopic (exact) mass is 287 g/mol. The number of aliphatic hydroxyl groups excluding tert-OH is 1. The zero-order valence-electron chi connectivity index (χ0n) is 11.5. The van der Waals surface area contributed by atoms with Crippen LogP contribution in [0.3, 0.4) is 0 Å². The van der Waals surface area contributed by atoms with Gasteiger partial charge in [-0.05, 0) is 44.4 Å². The van der Waals surface area contributed by atoms with Crippen molar-refractivity contribution in [3.8, 4) is 0 Å². The number of hydrogen-bond donors (Lipinski definition) is 1. The van der Waals surface area contributed by atoms with E-state index in [0.717, 1.165) is 25.7 Å². The van der Waals surface area contributed by atoms with Crippen molar-refractivity contribution >= 4 is 10.0 Å². The van der Waals surface area contributed by atoms with Crippen LogP contribution in [-0.2, 0) is 10.0 Å². The third-order valence-corrected chi connectivity index (χ3v) is 7.26. The summed E-state index contributed by atoms with van der Waals surface area (Å²) >= 11 is 0. The highest BCUT2D eigenvalue weighted by Gasteiger charge is 2.46. The lowest BCUT2D eigenvalue weighted by Crippen LogP contribution is -2.49. The average molecular weight is 287 g/mol. The Morgan fingerprint density at radius 3 is 2.11 bits per heavy atom. The van der Waals surface area contributed by atoms with Crippen LogP contribution in [0.15, 0.2) is 0 Å². The van der Waals surface area contributed by atoms with Crippen molar-refractivity contribution in [3.63, 3.8) is 0 Å². The quantitative estimate of drug-likeness (QED) is 0.862. The summed E-state index contributed by atoms with van der Waals surface area (Å²) in [6, 6.07) is 0.143. The molecule has 0 spiro atoms. The minimum absolute atomic E-state index is 0.0716. The summed E-state index contributed by atoms with van der Waals surface area (Å²) < 4.78 is 27.1. The lowest BCUT2D eigenvalue weighted by molar-refractivity contribution is 0.0766. The van der Waals surface area contributed by atoms with Crippen molar-refractivity contribution in [3.05, 3.63) is 0 Å². The van der Waals surface area contributed by atoms with Crippen molar-refractivity contribution in [2.24, 2.45) is 5.92 Å². The van der Waals surface area contributed by atoms with Crippen LogP contribution >= 0.6 is 0 Å². The average Bonchev–Trinajstić information content (AvgIpc) is 2.64. The number of rotatable bonds is 3. The molecule has 0 aromatic rings. The number of nitrogens with zero attached hydrogens (tertiary/aromatic N) is 1. The third kappa shape index (κ3) is 2.83. The predicted molar refractivity (Wildman–Crippen MR) is 74.3 cm³/mol. The van der Waals surface area contributed by atoms with Gasteiger partial charge in [-0.1, -0.05) is 19.3 Å². The molecule has 0 aromatic carbocycles. The van der Waals surface area contributed by atoms with E-state index in [1.807, 2.05) is 0 Å². The Bertz CT molecular complexity index is 402. The van der Waals surface area contributed by atoms with Crippen molar-refractivity contribution < 1.29 is 13.5 Å². The maximum atomic E-state index is 12.7. The molecule has 1 N–H and O–H groups in total. The topological polar surface area (TPSA) is 57.6 Å². The van der Waals surface area contributed by atoms with Gasteiger partial charge in [0.15, 0.2) is 0 Å². The van der Waals surface area contributed by atoms with E-state index in [0.29, 0.717) is 24.5 Å². The molecule has 19 heavy (non-hydrogen) atoms. The SMILES string of the molecule is O=S(=O)(CC1CCCCC1)N1C2CCC1CC(O)C2. The lowest BCUT2D eigenvalue weighted by Gasteiger charge is -2.37.